The third-order valence-corrected chi connectivity index (χ3v) is 5.46. The van der Waals surface area contributed by atoms with Gasteiger partial charge in [-0.3, -0.25) is 4.31 Å². The van der Waals surface area contributed by atoms with Crippen LogP contribution in [0.25, 0.3) is 5.78 Å². The first-order valence-corrected chi connectivity index (χ1v) is 9.32. The average molecular weight is 393 g/mol. The number of carboxylic acids is 1. The van der Waals surface area contributed by atoms with Gasteiger partial charge >= 0.3 is 16.0 Å². The Bertz CT molecular complexity index is 1140. The molecular formula is C16H16FN5O4S. The number of aromatic nitrogens is 4. The molecule has 2 aromatic heterocycles. The molecular weight excluding hydrogens is 377 g/mol. The predicted molar refractivity (Wildman–Crippen MR) is 93.7 cm³/mol. The highest BCUT2D eigenvalue weighted by Crippen LogP contribution is 2.31. The number of aromatic carboxylic acids is 1. The zero-order valence-electron chi connectivity index (χ0n) is 14.7. The van der Waals surface area contributed by atoms with Crippen molar-refractivity contribution in [2.24, 2.45) is 0 Å². The summed E-state index contributed by atoms with van der Waals surface area (Å²) in [5.74, 6) is -2.38. The Kier molecular flexibility index (Phi) is 4.56. The van der Waals surface area contributed by atoms with E-state index in [9.17, 15) is 22.7 Å². The van der Waals surface area contributed by atoms with Crippen LogP contribution >= 0.6 is 0 Å². The predicted octanol–water partition coefficient (Wildman–Crippen LogP) is 1.87. The van der Waals surface area contributed by atoms with Crippen LogP contribution in [0.3, 0.4) is 0 Å². The highest BCUT2D eigenvalue weighted by molar-refractivity contribution is 7.92. The van der Waals surface area contributed by atoms with E-state index < -0.39 is 44.3 Å². The number of carbonyl (C=O) groups is 1. The number of carboxylic acid groups (broad SMARTS) is 1. The van der Waals surface area contributed by atoms with Crippen molar-refractivity contribution in [3.63, 3.8) is 0 Å². The number of benzene rings is 1. The van der Waals surface area contributed by atoms with Gasteiger partial charge in [0, 0.05) is 18.4 Å². The number of anilines is 1. The molecule has 1 aromatic carbocycles. The second kappa shape index (κ2) is 6.58. The fraction of sp³-hybridized carbons (Fsp3) is 0.250. The first kappa shape index (κ1) is 18.7. The van der Waals surface area contributed by atoms with Crippen molar-refractivity contribution in [2.45, 2.75) is 32.0 Å². The lowest BCUT2D eigenvalue weighted by atomic mass is 10.1. The van der Waals surface area contributed by atoms with Gasteiger partial charge in [-0.2, -0.15) is 13.4 Å². The molecule has 27 heavy (non-hydrogen) atoms. The van der Waals surface area contributed by atoms with Crippen molar-refractivity contribution in [3.8, 4) is 0 Å². The van der Waals surface area contributed by atoms with E-state index >= 15 is 0 Å². The highest BCUT2D eigenvalue weighted by atomic mass is 32.2. The Morgan fingerprint density at radius 3 is 2.67 bits per heavy atom. The topological polar surface area (TPSA) is 118 Å². The van der Waals surface area contributed by atoms with Gasteiger partial charge in [-0.05, 0) is 38.5 Å². The van der Waals surface area contributed by atoms with E-state index in [0.29, 0.717) is 4.31 Å². The molecule has 0 saturated carbocycles. The Hall–Kier alpha value is -3.08. The van der Waals surface area contributed by atoms with Crippen LogP contribution in [0.4, 0.5) is 10.1 Å². The van der Waals surface area contributed by atoms with Crippen LogP contribution in [0.1, 0.15) is 29.8 Å². The first-order valence-electron chi connectivity index (χ1n) is 7.88. The third kappa shape index (κ3) is 3.21. The van der Waals surface area contributed by atoms with Crippen molar-refractivity contribution in [2.75, 3.05) is 4.31 Å². The Morgan fingerprint density at radius 2 is 2.04 bits per heavy atom. The van der Waals surface area contributed by atoms with Crippen molar-refractivity contribution >= 4 is 27.5 Å². The lowest BCUT2D eigenvalue weighted by molar-refractivity contribution is 0.0697. The van der Waals surface area contributed by atoms with E-state index in [1.54, 1.807) is 13.1 Å². The lowest BCUT2D eigenvalue weighted by Crippen LogP contribution is -2.39. The summed E-state index contributed by atoms with van der Waals surface area (Å²) < 4.78 is 42.7. The molecule has 0 aliphatic carbocycles. The summed E-state index contributed by atoms with van der Waals surface area (Å²) in [5.41, 5.74) is -0.313. The maximum atomic E-state index is 14.5. The first-order chi connectivity index (χ1) is 12.6. The summed E-state index contributed by atoms with van der Waals surface area (Å²) in [6.07, 6.45) is 3.04. The Balaban J connectivity index is 2.24. The van der Waals surface area contributed by atoms with Crippen LogP contribution in [-0.4, -0.2) is 45.1 Å². The zero-order valence-corrected chi connectivity index (χ0v) is 15.5. The summed E-state index contributed by atoms with van der Waals surface area (Å²) in [5, 5.41) is 12.7. The van der Waals surface area contributed by atoms with E-state index in [2.05, 4.69) is 15.1 Å². The largest absolute Gasteiger partial charge is 0.478 e. The molecule has 2 heterocycles. The summed E-state index contributed by atoms with van der Waals surface area (Å²) in [7, 11) is -4.46. The van der Waals surface area contributed by atoms with Gasteiger partial charge in [0.05, 0.1) is 5.56 Å². The highest BCUT2D eigenvalue weighted by Gasteiger charge is 2.36. The quantitative estimate of drug-likeness (QED) is 0.703. The van der Waals surface area contributed by atoms with Crippen molar-refractivity contribution in [1.82, 2.24) is 19.6 Å². The van der Waals surface area contributed by atoms with Gasteiger partial charge in [0.1, 0.15) is 11.5 Å². The molecule has 0 fully saturated rings. The van der Waals surface area contributed by atoms with E-state index in [4.69, 9.17) is 0 Å². The molecule has 0 saturated heterocycles. The molecule has 0 spiro atoms. The molecule has 1 N–H and O–H groups in total. The molecule has 11 heteroatoms. The molecule has 0 atom stereocenters. The second-order valence-corrected chi connectivity index (χ2v) is 7.81. The van der Waals surface area contributed by atoms with Gasteiger partial charge in [0.2, 0.25) is 0 Å². The molecule has 3 rings (SSSR count). The number of nitrogens with zero attached hydrogens (tertiary/aromatic N) is 5. The Morgan fingerprint density at radius 1 is 1.33 bits per heavy atom. The number of aryl methyl sites for hydroxylation is 1. The van der Waals surface area contributed by atoms with Gasteiger partial charge in [-0.25, -0.2) is 18.7 Å². The zero-order chi connectivity index (χ0) is 19.9. The fourth-order valence-electron chi connectivity index (χ4n) is 2.62. The number of hydrogen-bond donors (Lipinski definition) is 1. The SMILES string of the molecule is Cc1cnc2nc(S(=O)(=O)N(c3c(F)cccc3C(=O)O)C(C)C)nn2c1. The molecule has 0 unspecified atom stereocenters. The monoisotopic (exact) mass is 393 g/mol. The smallest absolute Gasteiger partial charge is 0.337 e. The van der Waals surface area contributed by atoms with Gasteiger partial charge in [0.25, 0.3) is 10.9 Å². The minimum atomic E-state index is -4.46. The summed E-state index contributed by atoms with van der Waals surface area (Å²) in [6.45, 7) is 4.74. The van der Waals surface area contributed by atoms with E-state index in [1.165, 1.54) is 30.6 Å². The molecule has 3 aromatic rings. The van der Waals surface area contributed by atoms with Crippen molar-refractivity contribution in [1.29, 1.82) is 0 Å². The second-order valence-electron chi connectivity index (χ2n) is 6.11. The van der Waals surface area contributed by atoms with Crippen LogP contribution < -0.4 is 4.31 Å². The van der Waals surface area contributed by atoms with E-state index in [0.717, 1.165) is 17.7 Å². The number of sulfonamides is 1. The average Bonchev–Trinajstić information content (AvgIpc) is 2.99. The minimum Gasteiger partial charge on any atom is -0.478 e. The van der Waals surface area contributed by atoms with Crippen LogP contribution in [-0.2, 0) is 10.0 Å². The van der Waals surface area contributed by atoms with Crippen molar-refractivity contribution < 1.29 is 22.7 Å². The fourth-order valence-corrected chi connectivity index (χ4v) is 4.17. The molecule has 0 aliphatic rings. The Labute approximate surface area is 154 Å². The number of para-hydroxylation sites is 1. The number of hydrogen-bond acceptors (Lipinski definition) is 6. The molecule has 0 bridgehead atoms. The van der Waals surface area contributed by atoms with E-state index in [1.807, 2.05) is 0 Å². The van der Waals surface area contributed by atoms with Crippen molar-refractivity contribution in [3.05, 3.63) is 47.5 Å². The summed E-state index contributed by atoms with van der Waals surface area (Å²) >= 11 is 0. The molecule has 0 radical (unpaired) electrons. The maximum Gasteiger partial charge on any atom is 0.337 e. The summed E-state index contributed by atoms with van der Waals surface area (Å²) in [4.78, 5) is 19.4. The summed E-state index contributed by atoms with van der Waals surface area (Å²) in [6, 6.07) is 2.53. The minimum absolute atomic E-state index is 0.0508. The standard InChI is InChI=1S/C16H16FN5O4S/c1-9(2)22(13-11(14(23)24)5-4-6-12(13)17)27(25,26)16-19-15-18-7-10(3)8-21(15)20-16/h4-9H,1-3H3,(H,23,24). The van der Waals surface area contributed by atoms with Crippen LogP contribution in [0.15, 0.2) is 35.7 Å². The molecule has 142 valence electrons. The number of halogens is 1. The third-order valence-electron chi connectivity index (χ3n) is 3.70. The van der Waals surface area contributed by atoms with Crippen LogP contribution in [0, 0.1) is 12.7 Å². The van der Waals surface area contributed by atoms with E-state index in [-0.39, 0.29) is 5.78 Å². The van der Waals surface area contributed by atoms with Gasteiger partial charge in [-0.15, -0.1) is 5.10 Å². The molecule has 9 nitrogen and oxygen atoms in total. The molecule has 0 amide bonds. The van der Waals surface area contributed by atoms with Gasteiger partial charge < -0.3 is 5.11 Å². The van der Waals surface area contributed by atoms with Gasteiger partial charge in [-0.1, -0.05) is 6.07 Å². The maximum absolute atomic E-state index is 14.5. The molecule has 0 aliphatic heterocycles. The van der Waals surface area contributed by atoms with Gasteiger partial charge in [0.15, 0.2) is 0 Å². The number of rotatable bonds is 5. The van der Waals surface area contributed by atoms with Crippen LogP contribution in [0.5, 0.6) is 0 Å². The van der Waals surface area contributed by atoms with Crippen LogP contribution in [0.2, 0.25) is 0 Å². The lowest BCUT2D eigenvalue weighted by Gasteiger charge is -2.28. The normalized spacial score (nSPS) is 11.9. The number of fused-ring (bicyclic) bond motifs is 1.